The van der Waals surface area contributed by atoms with Crippen LogP contribution in [0.3, 0.4) is 0 Å². The highest BCUT2D eigenvalue weighted by atomic mass is 19.2. The van der Waals surface area contributed by atoms with Crippen LogP contribution in [0.15, 0.2) is 73.1 Å². The number of aromatic nitrogens is 6. The summed E-state index contributed by atoms with van der Waals surface area (Å²) in [6, 6.07) is 13.5. The molecule has 0 radical (unpaired) electrons. The maximum absolute atomic E-state index is 14.3. The van der Waals surface area contributed by atoms with Crippen LogP contribution in [0.2, 0.25) is 0 Å². The topological polar surface area (TPSA) is 165 Å². The van der Waals surface area contributed by atoms with Gasteiger partial charge >= 0.3 is 0 Å². The zero-order valence-corrected chi connectivity index (χ0v) is 28.4. The van der Waals surface area contributed by atoms with Gasteiger partial charge in [-0.1, -0.05) is 12.1 Å². The molecule has 6 N–H and O–H groups in total. The molecule has 0 atom stereocenters. The Labute approximate surface area is 301 Å². The molecule has 1 amide bonds. The molecule has 5 aromatic heterocycles. The predicted octanol–water partition coefficient (Wildman–Crippen LogP) is 6.24. The number of carbonyl (C=O) groups is 1. The lowest BCUT2D eigenvalue weighted by atomic mass is 9.87. The van der Waals surface area contributed by atoms with Gasteiger partial charge in [-0.25, -0.2) is 46.3 Å². The number of nitrogen functional groups attached to an aromatic ring is 2. The number of halogens is 6. The second-order valence-electron chi connectivity index (χ2n) is 12.8. The molecule has 17 heteroatoms. The van der Waals surface area contributed by atoms with Crippen molar-refractivity contribution in [3.8, 4) is 11.6 Å². The number of hydrogen-bond acceptors (Lipinski definition) is 7. The number of hydrogen-bond donors (Lipinski definition) is 4. The zero-order valence-electron chi connectivity index (χ0n) is 28.4. The maximum Gasteiger partial charge on any atom is 0.235 e. The van der Waals surface area contributed by atoms with Gasteiger partial charge in [-0.3, -0.25) is 19.0 Å². The normalized spacial score (nSPS) is 13.1. The van der Waals surface area contributed by atoms with E-state index >= 15 is 0 Å². The molecule has 274 valence electrons. The van der Waals surface area contributed by atoms with Gasteiger partial charge in [-0.2, -0.15) is 0 Å². The van der Waals surface area contributed by atoms with Crippen molar-refractivity contribution in [2.24, 2.45) is 5.73 Å². The van der Waals surface area contributed by atoms with E-state index in [4.69, 9.17) is 16.9 Å². The number of nitrogens with one attached hydrogen (secondary N) is 2. The van der Waals surface area contributed by atoms with Gasteiger partial charge in [0.1, 0.15) is 23.3 Å². The zero-order chi connectivity index (χ0) is 38.6. The number of pyridine rings is 2. The lowest BCUT2D eigenvalue weighted by Crippen LogP contribution is -2.27. The van der Waals surface area contributed by atoms with Crippen molar-refractivity contribution in [3.05, 3.63) is 142 Å². The molecule has 1 aliphatic rings. The third-order valence-corrected chi connectivity index (χ3v) is 9.02. The van der Waals surface area contributed by atoms with Crippen molar-refractivity contribution >= 4 is 34.4 Å². The van der Waals surface area contributed by atoms with Crippen LogP contribution in [0.25, 0.3) is 22.7 Å². The molecule has 6 heterocycles. The monoisotopic (exact) mass is 742 g/mol. The molecule has 7 aromatic rings. The second kappa shape index (κ2) is 13.3. The van der Waals surface area contributed by atoms with E-state index in [1.165, 1.54) is 0 Å². The summed E-state index contributed by atoms with van der Waals surface area (Å²) < 4.78 is 86.2. The third kappa shape index (κ3) is 6.02. The molecule has 11 nitrogen and oxygen atoms in total. The Kier molecular flexibility index (Phi) is 8.79. The fraction of sp³-hybridized carbons (Fsp3) is 0.135. The van der Waals surface area contributed by atoms with Gasteiger partial charge in [0.15, 0.2) is 46.6 Å². The number of imidazole rings is 2. The molecule has 54 heavy (non-hydrogen) atoms. The van der Waals surface area contributed by atoms with Gasteiger partial charge in [0.25, 0.3) is 0 Å². The summed E-state index contributed by atoms with van der Waals surface area (Å²) in [4.78, 5) is 29.7. The molecule has 0 saturated carbocycles. The summed E-state index contributed by atoms with van der Waals surface area (Å²) in [5.74, 6) is -6.01. The lowest BCUT2D eigenvalue weighted by Gasteiger charge is -2.16. The van der Waals surface area contributed by atoms with Crippen molar-refractivity contribution < 1.29 is 31.1 Å². The largest absolute Gasteiger partial charge is 0.383 e. The number of benzene rings is 2. The Morgan fingerprint density at radius 2 is 1.26 bits per heavy atom. The summed E-state index contributed by atoms with van der Waals surface area (Å²) >= 11 is 0. The van der Waals surface area contributed by atoms with Crippen LogP contribution in [0.4, 0.5) is 38.0 Å². The quantitative estimate of drug-likeness (QED) is 0.0678. The van der Waals surface area contributed by atoms with Crippen LogP contribution in [-0.2, 0) is 23.1 Å². The number of anilines is 2. The van der Waals surface area contributed by atoms with E-state index < -0.39 is 51.4 Å². The highest BCUT2D eigenvalue weighted by Gasteiger charge is 2.42. The SMILES string of the molecule is CC1(C)C(=O)Nc2nc(-c3nc(Cc4c(F)ccc(F)c4F)c4ccccn34)nc(N)c21.N=C(N)c1nc(Cc2c(F)ccc(F)c2F)c2ccccn12. The fourth-order valence-electron chi connectivity index (χ4n) is 6.27. The molecule has 0 unspecified atom stereocenters. The maximum atomic E-state index is 14.3. The number of rotatable bonds is 6. The summed E-state index contributed by atoms with van der Waals surface area (Å²) in [5.41, 5.74) is 12.1. The molecule has 0 bridgehead atoms. The second-order valence-corrected chi connectivity index (χ2v) is 12.8. The molecular formula is C37H28F6N10O. The van der Waals surface area contributed by atoms with Crippen molar-refractivity contribution in [3.63, 3.8) is 0 Å². The minimum atomic E-state index is -1.26. The molecule has 2 aromatic carbocycles. The van der Waals surface area contributed by atoms with Crippen molar-refractivity contribution in [1.82, 2.24) is 28.7 Å². The molecule has 8 rings (SSSR count). The Morgan fingerprint density at radius 3 is 1.83 bits per heavy atom. The summed E-state index contributed by atoms with van der Waals surface area (Å²) in [7, 11) is 0. The summed E-state index contributed by atoms with van der Waals surface area (Å²) in [5, 5.41) is 10.2. The molecule has 1 aliphatic heterocycles. The van der Waals surface area contributed by atoms with E-state index in [0.717, 1.165) is 24.3 Å². The van der Waals surface area contributed by atoms with Crippen molar-refractivity contribution in [2.45, 2.75) is 32.1 Å². The first-order chi connectivity index (χ1) is 25.7. The van der Waals surface area contributed by atoms with Crippen molar-refractivity contribution in [2.75, 3.05) is 11.1 Å². The molecular weight excluding hydrogens is 714 g/mol. The van der Waals surface area contributed by atoms with E-state index in [-0.39, 0.29) is 47.9 Å². The minimum Gasteiger partial charge on any atom is -0.383 e. The van der Waals surface area contributed by atoms with E-state index in [1.807, 2.05) is 0 Å². The Balaban J connectivity index is 0.000000179. The van der Waals surface area contributed by atoms with Crippen LogP contribution < -0.4 is 16.8 Å². The van der Waals surface area contributed by atoms with E-state index in [0.29, 0.717) is 33.8 Å². The average molecular weight is 743 g/mol. The number of amides is 1. The number of nitrogens with two attached hydrogens (primary N) is 2. The number of fused-ring (bicyclic) bond motifs is 3. The molecule has 0 aliphatic carbocycles. The average Bonchev–Trinajstić information content (AvgIpc) is 3.77. The number of nitrogens with zero attached hydrogens (tertiary/aromatic N) is 6. The van der Waals surface area contributed by atoms with Gasteiger partial charge in [0.05, 0.1) is 33.4 Å². The highest BCUT2D eigenvalue weighted by molar-refractivity contribution is 6.06. The van der Waals surface area contributed by atoms with Gasteiger partial charge in [-0.15, -0.1) is 0 Å². The summed E-state index contributed by atoms with van der Waals surface area (Å²) in [6.07, 6.45) is 2.80. The van der Waals surface area contributed by atoms with E-state index in [1.54, 1.807) is 71.4 Å². The van der Waals surface area contributed by atoms with Gasteiger partial charge in [0, 0.05) is 36.4 Å². The van der Waals surface area contributed by atoms with Gasteiger partial charge in [0.2, 0.25) is 5.91 Å². The Hall–Kier alpha value is -6.78. The van der Waals surface area contributed by atoms with Crippen LogP contribution in [0.1, 0.15) is 47.8 Å². The number of amidine groups is 1. The molecule has 0 saturated heterocycles. The minimum absolute atomic E-state index is 0.129. The van der Waals surface area contributed by atoms with E-state index in [9.17, 15) is 31.1 Å². The first-order valence-corrected chi connectivity index (χ1v) is 16.2. The van der Waals surface area contributed by atoms with Crippen LogP contribution >= 0.6 is 0 Å². The van der Waals surface area contributed by atoms with Crippen LogP contribution in [0, 0.1) is 40.3 Å². The standard InChI is InChI=1S/C22H17F3N6O.C15H11F3N4/c1-22(2)15-17(26)28-19(29-18(15)30-21(22)32)20-27-13(14-5-3-4-8-31(14)20)9-10-11(23)6-7-12(24)16(10)25;16-9-4-5-10(17)13(18)8(9)7-11-12-3-1-2-6-22(12)15(21-11)14(19)20/h3-8H,9H2,1-2H3,(H3,26,28,29,30,32);1-6H,7H2,(H3,19,20). The first-order valence-electron chi connectivity index (χ1n) is 16.2. The Bertz CT molecular complexity index is 2670. The Morgan fingerprint density at radius 1 is 0.741 bits per heavy atom. The molecule has 0 spiro atoms. The lowest BCUT2D eigenvalue weighted by molar-refractivity contribution is -0.119. The van der Waals surface area contributed by atoms with Gasteiger partial charge in [-0.05, 0) is 62.4 Å². The van der Waals surface area contributed by atoms with Crippen LogP contribution in [0.5, 0.6) is 0 Å². The number of carbonyl (C=O) groups excluding carboxylic acids is 1. The molecule has 0 fully saturated rings. The van der Waals surface area contributed by atoms with Gasteiger partial charge < -0.3 is 16.8 Å². The van der Waals surface area contributed by atoms with Crippen molar-refractivity contribution in [1.29, 1.82) is 5.41 Å². The summed E-state index contributed by atoms with van der Waals surface area (Å²) in [6.45, 7) is 3.44. The third-order valence-electron chi connectivity index (χ3n) is 9.02. The predicted molar refractivity (Wildman–Crippen MR) is 187 cm³/mol. The smallest absolute Gasteiger partial charge is 0.235 e. The fourth-order valence-corrected chi connectivity index (χ4v) is 6.27. The van der Waals surface area contributed by atoms with Crippen LogP contribution in [-0.4, -0.2) is 40.5 Å². The highest BCUT2D eigenvalue weighted by Crippen LogP contribution is 2.40. The van der Waals surface area contributed by atoms with E-state index in [2.05, 4.69) is 25.3 Å². The first kappa shape index (κ1) is 35.6.